The third-order valence-electron chi connectivity index (χ3n) is 5.34. The molecule has 30 heavy (non-hydrogen) atoms. The van der Waals surface area contributed by atoms with Gasteiger partial charge in [-0.2, -0.15) is 0 Å². The Balaban J connectivity index is 1.79. The third kappa shape index (κ3) is 3.85. The van der Waals surface area contributed by atoms with Crippen molar-refractivity contribution in [2.75, 3.05) is 7.11 Å². The van der Waals surface area contributed by atoms with Gasteiger partial charge in [-0.3, -0.25) is 4.79 Å². The highest BCUT2D eigenvalue weighted by Crippen LogP contribution is 2.44. The topological polar surface area (TPSA) is 49.8 Å². The number of aliphatic hydroxyl groups is 1. The molecular weight excluding hydrogens is 442 g/mol. The van der Waals surface area contributed by atoms with Crippen molar-refractivity contribution in [3.63, 3.8) is 0 Å². The largest absolute Gasteiger partial charge is 0.503 e. The lowest BCUT2D eigenvalue weighted by Gasteiger charge is -2.27. The van der Waals surface area contributed by atoms with E-state index in [0.717, 1.165) is 32.5 Å². The molecule has 0 saturated carbocycles. The molecule has 4 nitrogen and oxygen atoms in total. The van der Waals surface area contributed by atoms with Crippen molar-refractivity contribution < 1.29 is 14.6 Å². The van der Waals surface area contributed by atoms with Crippen LogP contribution in [0, 0.1) is 6.92 Å². The number of amides is 1. The second-order valence-corrected chi connectivity index (χ2v) is 8.28. The highest BCUT2D eigenvalue weighted by Gasteiger charge is 2.41. The molecule has 0 aromatic heterocycles. The zero-order valence-electron chi connectivity index (χ0n) is 16.8. The number of benzene rings is 3. The number of aliphatic hydroxyl groups excluding tert-OH is 1. The Bertz CT molecular complexity index is 1100. The Hall–Kier alpha value is -3.05. The molecule has 1 aliphatic rings. The molecule has 0 spiro atoms. The maximum atomic E-state index is 13.1. The van der Waals surface area contributed by atoms with Gasteiger partial charge < -0.3 is 14.7 Å². The van der Waals surface area contributed by atoms with E-state index in [2.05, 4.69) is 15.9 Å². The van der Waals surface area contributed by atoms with Crippen LogP contribution in [0.5, 0.6) is 5.75 Å². The number of carbonyl (C=O) groups is 1. The molecule has 0 radical (unpaired) electrons. The molecule has 0 bridgehead atoms. The quantitative estimate of drug-likeness (QED) is 0.518. The van der Waals surface area contributed by atoms with E-state index < -0.39 is 0 Å². The summed E-state index contributed by atoms with van der Waals surface area (Å²) in [5.41, 5.74) is 4.46. The molecule has 1 heterocycles. The van der Waals surface area contributed by atoms with Crippen LogP contribution >= 0.6 is 15.9 Å². The van der Waals surface area contributed by atoms with Gasteiger partial charge in [0.1, 0.15) is 5.75 Å². The van der Waals surface area contributed by atoms with Gasteiger partial charge in [0, 0.05) is 16.6 Å². The summed E-state index contributed by atoms with van der Waals surface area (Å²) in [6.45, 7) is 2.37. The lowest BCUT2D eigenvalue weighted by molar-refractivity contribution is -0.130. The normalized spacial score (nSPS) is 16.3. The number of halogens is 1. The molecule has 0 fully saturated rings. The van der Waals surface area contributed by atoms with Crippen LogP contribution in [0.4, 0.5) is 0 Å². The SMILES string of the molecule is COc1cccc(CN2C(=O)C(O)=C(c3ccc(C)cc3)[C@H]2c2ccc(Br)cc2)c1. The molecule has 4 rings (SSSR count). The number of ether oxygens (including phenoxy) is 1. The Kier molecular flexibility index (Phi) is 5.64. The monoisotopic (exact) mass is 463 g/mol. The second kappa shape index (κ2) is 8.36. The highest BCUT2D eigenvalue weighted by molar-refractivity contribution is 9.10. The number of rotatable bonds is 5. The molecule has 1 atom stereocenters. The average Bonchev–Trinajstić information content (AvgIpc) is 3.00. The summed E-state index contributed by atoms with van der Waals surface area (Å²) in [5.74, 6) is 0.159. The Labute approximate surface area is 184 Å². The number of nitrogens with zero attached hydrogens (tertiary/aromatic N) is 1. The smallest absolute Gasteiger partial charge is 0.290 e. The van der Waals surface area contributed by atoms with Crippen LogP contribution in [0.25, 0.3) is 5.57 Å². The van der Waals surface area contributed by atoms with Crippen molar-refractivity contribution in [3.8, 4) is 5.75 Å². The van der Waals surface area contributed by atoms with Crippen molar-refractivity contribution in [1.82, 2.24) is 4.90 Å². The number of methoxy groups -OCH3 is 1. The Morgan fingerprint density at radius 2 is 1.73 bits per heavy atom. The molecule has 1 N–H and O–H groups in total. The summed E-state index contributed by atoms with van der Waals surface area (Å²) >= 11 is 3.47. The number of hydrogen-bond donors (Lipinski definition) is 1. The van der Waals surface area contributed by atoms with Crippen LogP contribution in [0.3, 0.4) is 0 Å². The lowest BCUT2D eigenvalue weighted by Crippen LogP contribution is -2.29. The maximum Gasteiger partial charge on any atom is 0.290 e. The number of aryl methyl sites for hydroxylation is 1. The van der Waals surface area contributed by atoms with Gasteiger partial charge in [0.15, 0.2) is 5.76 Å². The van der Waals surface area contributed by atoms with Crippen LogP contribution in [0.15, 0.2) is 83.0 Å². The Morgan fingerprint density at radius 1 is 1.03 bits per heavy atom. The Morgan fingerprint density at radius 3 is 2.40 bits per heavy atom. The molecule has 0 unspecified atom stereocenters. The predicted octanol–water partition coefficient (Wildman–Crippen LogP) is 5.82. The van der Waals surface area contributed by atoms with Gasteiger partial charge in [0.2, 0.25) is 0 Å². The fourth-order valence-electron chi connectivity index (χ4n) is 3.80. The molecule has 1 amide bonds. The fourth-order valence-corrected chi connectivity index (χ4v) is 4.07. The van der Waals surface area contributed by atoms with Gasteiger partial charge in [-0.25, -0.2) is 0 Å². The zero-order valence-corrected chi connectivity index (χ0v) is 18.4. The first-order valence-electron chi connectivity index (χ1n) is 9.67. The highest BCUT2D eigenvalue weighted by atomic mass is 79.9. The molecule has 0 aliphatic carbocycles. The molecule has 3 aromatic rings. The molecule has 0 saturated heterocycles. The van der Waals surface area contributed by atoms with Crippen LogP contribution in [-0.2, 0) is 11.3 Å². The second-order valence-electron chi connectivity index (χ2n) is 7.37. The first-order valence-corrected chi connectivity index (χ1v) is 10.5. The van der Waals surface area contributed by atoms with Gasteiger partial charge in [-0.1, -0.05) is 70.0 Å². The van der Waals surface area contributed by atoms with E-state index in [1.54, 1.807) is 12.0 Å². The third-order valence-corrected chi connectivity index (χ3v) is 5.87. The van der Waals surface area contributed by atoms with Crippen LogP contribution in [0.2, 0.25) is 0 Å². The van der Waals surface area contributed by atoms with Crippen molar-refractivity contribution >= 4 is 27.4 Å². The average molecular weight is 464 g/mol. The minimum absolute atomic E-state index is 0.199. The fraction of sp³-hybridized carbons (Fsp3) is 0.160. The summed E-state index contributed by atoms with van der Waals surface area (Å²) in [6, 6.07) is 23.0. The summed E-state index contributed by atoms with van der Waals surface area (Å²) < 4.78 is 6.28. The predicted molar refractivity (Wildman–Crippen MR) is 121 cm³/mol. The molecular formula is C25H22BrNO3. The summed E-state index contributed by atoms with van der Waals surface area (Å²) in [6.07, 6.45) is 0. The van der Waals surface area contributed by atoms with Crippen molar-refractivity contribution in [2.45, 2.75) is 19.5 Å². The van der Waals surface area contributed by atoms with Crippen molar-refractivity contribution in [3.05, 3.63) is 105 Å². The lowest BCUT2D eigenvalue weighted by atomic mass is 9.93. The van der Waals surface area contributed by atoms with Gasteiger partial charge in [-0.05, 0) is 47.9 Å². The maximum absolute atomic E-state index is 13.1. The van der Waals surface area contributed by atoms with Gasteiger partial charge >= 0.3 is 0 Å². The minimum atomic E-state index is -0.389. The van der Waals surface area contributed by atoms with Gasteiger partial charge in [0.25, 0.3) is 5.91 Å². The van der Waals surface area contributed by atoms with Gasteiger partial charge in [0.05, 0.1) is 13.2 Å². The molecule has 1 aliphatic heterocycles. The van der Waals surface area contributed by atoms with Crippen LogP contribution < -0.4 is 4.74 Å². The zero-order chi connectivity index (χ0) is 21.3. The van der Waals surface area contributed by atoms with E-state index in [0.29, 0.717) is 12.1 Å². The first-order chi connectivity index (χ1) is 14.5. The van der Waals surface area contributed by atoms with Crippen LogP contribution in [0.1, 0.15) is 28.3 Å². The van der Waals surface area contributed by atoms with E-state index in [4.69, 9.17) is 4.74 Å². The van der Waals surface area contributed by atoms with E-state index in [9.17, 15) is 9.90 Å². The number of hydrogen-bond acceptors (Lipinski definition) is 3. The van der Waals surface area contributed by atoms with E-state index in [-0.39, 0.29) is 17.7 Å². The van der Waals surface area contributed by atoms with E-state index in [1.165, 1.54) is 0 Å². The molecule has 3 aromatic carbocycles. The van der Waals surface area contributed by atoms with E-state index in [1.807, 2.05) is 79.7 Å². The molecule has 152 valence electrons. The summed E-state index contributed by atoms with van der Waals surface area (Å²) in [7, 11) is 1.62. The first kappa shape index (κ1) is 20.2. The molecule has 5 heteroatoms. The number of carbonyl (C=O) groups excluding carboxylic acids is 1. The van der Waals surface area contributed by atoms with Crippen LogP contribution in [-0.4, -0.2) is 23.0 Å². The summed E-state index contributed by atoms with van der Waals surface area (Å²) in [4.78, 5) is 14.9. The minimum Gasteiger partial charge on any atom is -0.503 e. The standard InChI is InChI=1S/C25H22BrNO3/c1-16-6-8-18(9-7-16)22-23(19-10-12-20(26)13-11-19)27(25(29)24(22)28)15-17-4-3-5-21(14-17)30-2/h3-14,23,28H,15H2,1-2H3/t23-/m1/s1. The summed E-state index contributed by atoms with van der Waals surface area (Å²) in [5, 5.41) is 10.9. The van der Waals surface area contributed by atoms with Crippen molar-refractivity contribution in [2.24, 2.45) is 0 Å². The van der Waals surface area contributed by atoms with E-state index >= 15 is 0 Å². The van der Waals surface area contributed by atoms with Crippen molar-refractivity contribution in [1.29, 1.82) is 0 Å². The van der Waals surface area contributed by atoms with Gasteiger partial charge in [-0.15, -0.1) is 0 Å².